The second-order valence-corrected chi connectivity index (χ2v) is 5.31. The molecule has 1 unspecified atom stereocenters. The van der Waals surface area contributed by atoms with Crippen LogP contribution < -0.4 is 16.0 Å². The predicted octanol–water partition coefficient (Wildman–Crippen LogP) is 1.43. The number of carbonyl (C=O) groups excluding carboxylic acids is 1. The molecule has 1 aromatic heterocycles. The largest absolute Gasteiger partial charge is 0.377 e. The number of hydrogen-bond acceptors (Lipinski definition) is 4. The van der Waals surface area contributed by atoms with Crippen molar-refractivity contribution in [1.29, 1.82) is 0 Å². The number of nitrogens with zero attached hydrogens (tertiary/aromatic N) is 3. The van der Waals surface area contributed by atoms with Crippen LogP contribution in [0.2, 0.25) is 0 Å². The average molecular weight is 287 g/mol. The summed E-state index contributed by atoms with van der Waals surface area (Å²) in [7, 11) is 5.72. The third kappa shape index (κ3) is 3.41. The normalized spacial score (nSPS) is 12.0. The van der Waals surface area contributed by atoms with Crippen molar-refractivity contribution in [3.05, 3.63) is 41.7 Å². The Kier molecular flexibility index (Phi) is 4.28. The monoisotopic (exact) mass is 287 g/mol. The lowest BCUT2D eigenvalue weighted by Crippen LogP contribution is -2.27. The number of amides is 1. The zero-order valence-electron chi connectivity index (χ0n) is 12.8. The van der Waals surface area contributed by atoms with Gasteiger partial charge in [-0.1, -0.05) is 6.07 Å². The molecular weight excluding hydrogens is 266 g/mol. The third-order valence-corrected chi connectivity index (χ3v) is 3.32. The molecule has 6 heteroatoms. The van der Waals surface area contributed by atoms with Crippen LogP contribution in [0, 0.1) is 6.92 Å². The molecular formula is C15H21N5O. The van der Waals surface area contributed by atoms with Gasteiger partial charge >= 0.3 is 0 Å². The molecule has 0 spiro atoms. The highest BCUT2D eigenvalue weighted by Gasteiger charge is 2.17. The van der Waals surface area contributed by atoms with Crippen molar-refractivity contribution in [3.63, 3.8) is 0 Å². The molecule has 0 aliphatic rings. The van der Waals surface area contributed by atoms with Crippen molar-refractivity contribution in [2.45, 2.75) is 13.0 Å². The fourth-order valence-corrected chi connectivity index (χ4v) is 2.14. The maximum atomic E-state index is 12.2. The fraction of sp³-hybridized carbons (Fsp3) is 0.333. The number of anilines is 2. The van der Waals surface area contributed by atoms with Crippen molar-refractivity contribution >= 4 is 17.3 Å². The second kappa shape index (κ2) is 5.97. The van der Waals surface area contributed by atoms with E-state index >= 15 is 0 Å². The maximum absolute atomic E-state index is 12.2. The number of rotatable bonds is 4. The summed E-state index contributed by atoms with van der Waals surface area (Å²) in [5.74, 6) is -0.253. The van der Waals surface area contributed by atoms with Gasteiger partial charge in [0.15, 0.2) is 0 Å². The van der Waals surface area contributed by atoms with E-state index < -0.39 is 6.04 Å². The van der Waals surface area contributed by atoms with Gasteiger partial charge in [0.2, 0.25) is 5.91 Å². The molecule has 3 N–H and O–H groups in total. The third-order valence-electron chi connectivity index (χ3n) is 3.32. The minimum absolute atomic E-state index is 0.253. The molecule has 0 saturated heterocycles. The number of carbonyl (C=O) groups is 1. The predicted molar refractivity (Wildman–Crippen MR) is 84.3 cm³/mol. The molecule has 0 saturated carbocycles. The minimum Gasteiger partial charge on any atom is -0.377 e. The fourth-order valence-electron chi connectivity index (χ4n) is 2.14. The molecule has 2 rings (SSSR count). The molecule has 1 amide bonds. The van der Waals surface area contributed by atoms with Crippen LogP contribution in [-0.2, 0) is 11.8 Å². The first kappa shape index (κ1) is 15.1. The molecule has 0 radical (unpaired) electrons. The van der Waals surface area contributed by atoms with E-state index in [1.807, 2.05) is 44.1 Å². The van der Waals surface area contributed by atoms with Crippen LogP contribution >= 0.6 is 0 Å². The maximum Gasteiger partial charge on any atom is 0.246 e. The second-order valence-electron chi connectivity index (χ2n) is 5.31. The highest BCUT2D eigenvalue weighted by molar-refractivity contribution is 5.95. The Balaban J connectivity index is 2.14. The van der Waals surface area contributed by atoms with Crippen LogP contribution in [0.3, 0.4) is 0 Å². The molecule has 6 nitrogen and oxygen atoms in total. The number of benzene rings is 1. The highest BCUT2D eigenvalue weighted by Crippen LogP contribution is 2.23. The van der Waals surface area contributed by atoms with E-state index in [0.717, 1.165) is 16.9 Å². The molecule has 21 heavy (non-hydrogen) atoms. The van der Waals surface area contributed by atoms with Crippen LogP contribution in [0.4, 0.5) is 11.4 Å². The molecule has 0 aliphatic carbocycles. The van der Waals surface area contributed by atoms with Gasteiger partial charge in [-0.3, -0.25) is 9.48 Å². The van der Waals surface area contributed by atoms with Crippen molar-refractivity contribution in [2.24, 2.45) is 12.8 Å². The highest BCUT2D eigenvalue weighted by atomic mass is 16.2. The summed E-state index contributed by atoms with van der Waals surface area (Å²) in [6.07, 6.45) is 3.34. The Morgan fingerprint density at radius 2 is 2.14 bits per heavy atom. The van der Waals surface area contributed by atoms with Gasteiger partial charge in [-0.2, -0.15) is 5.10 Å². The molecule has 1 heterocycles. The first-order chi connectivity index (χ1) is 9.88. The van der Waals surface area contributed by atoms with Crippen LogP contribution in [0.5, 0.6) is 0 Å². The van der Waals surface area contributed by atoms with E-state index in [9.17, 15) is 4.79 Å². The van der Waals surface area contributed by atoms with Crippen molar-refractivity contribution in [1.82, 2.24) is 9.78 Å². The molecule has 1 aromatic carbocycles. The van der Waals surface area contributed by atoms with Gasteiger partial charge in [0.1, 0.15) is 6.04 Å². The zero-order chi connectivity index (χ0) is 15.6. The van der Waals surface area contributed by atoms with Gasteiger partial charge in [0.25, 0.3) is 0 Å². The van der Waals surface area contributed by atoms with Crippen molar-refractivity contribution in [2.75, 3.05) is 24.3 Å². The van der Waals surface area contributed by atoms with Gasteiger partial charge < -0.3 is 16.0 Å². The smallest absolute Gasteiger partial charge is 0.246 e. The number of aromatic nitrogens is 2. The quantitative estimate of drug-likeness (QED) is 0.892. The minimum atomic E-state index is -0.734. The van der Waals surface area contributed by atoms with Gasteiger partial charge in [0.05, 0.1) is 6.20 Å². The van der Waals surface area contributed by atoms with Crippen LogP contribution in [0.15, 0.2) is 30.6 Å². The summed E-state index contributed by atoms with van der Waals surface area (Å²) in [4.78, 5) is 14.2. The molecule has 0 fully saturated rings. The Hall–Kier alpha value is -2.34. The van der Waals surface area contributed by atoms with E-state index in [2.05, 4.69) is 10.4 Å². The van der Waals surface area contributed by atoms with E-state index in [-0.39, 0.29) is 5.91 Å². The van der Waals surface area contributed by atoms with E-state index in [1.165, 1.54) is 0 Å². The summed E-state index contributed by atoms with van der Waals surface area (Å²) in [5, 5.41) is 6.87. The van der Waals surface area contributed by atoms with Crippen molar-refractivity contribution < 1.29 is 4.79 Å². The average Bonchev–Trinajstić information content (AvgIpc) is 2.86. The number of nitrogens with one attached hydrogen (secondary N) is 1. The Morgan fingerprint density at radius 1 is 1.43 bits per heavy atom. The SMILES string of the molecule is Cc1ccc(NC(=O)C(N)c2cnn(C)c2)cc1N(C)C. The van der Waals surface area contributed by atoms with E-state index in [1.54, 1.807) is 24.1 Å². The number of hydrogen-bond donors (Lipinski definition) is 2. The van der Waals surface area contributed by atoms with E-state index in [4.69, 9.17) is 5.73 Å². The summed E-state index contributed by atoms with van der Waals surface area (Å²) >= 11 is 0. The topological polar surface area (TPSA) is 76.2 Å². The molecule has 0 bridgehead atoms. The first-order valence-electron chi connectivity index (χ1n) is 6.71. The Labute approximate surface area is 124 Å². The van der Waals surface area contributed by atoms with E-state index in [0.29, 0.717) is 5.56 Å². The molecule has 0 aliphatic heterocycles. The molecule has 1 atom stereocenters. The zero-order valence-corrected chi connectivity index (χ0v) is 12.8. The van der Waals surface area contributed by atoms with Crippen LogP contribution in [0.25, 0.3) is 0 Å². The lowest BCUT2D eigenvalue weighted by Gasteiger charge is -2.18. The van der Waals surface area contributed by atoms with Crippen LogP contribution in [0.1, 0.15) is 17.2 Å². The Morgan fingerprint density at radius 3 is 2.71 bits per heavy atom. The summed E-state index contributed by atoms with van der Waals surface area (Å²) in [6, 6.07) is 5.04. The summed E-state index contributed by atoms with van der Waals surface area (Å²) in [5.41, 5.74) is 9.58. The van der Waals surface area contributed by atoms with Gasteiger partial charge in [-0.05, 0) is 24.6 Å². The van der Waals surface area contributed by atoms with Gasteiger partial charge in [0, 0.05) is 44.3 Å². The molecule has 112 valence electrons. The number of nitrogens with two attached hydrogens (primary N) is 1. The first-order valence-corrected chi connectivity index (χ1v) is 6.71. The van der Waals surface area contributed by atoms with Gasteiger partial charge in [-0.15, -0.1) is 0 Å². The summed E-state index contributed by atoms with van der Waals surface area (Å²) < 4.78 is 1.62. The standard InChI is InChI=1S/C15H21N5O/c1-10-5-6-12(7-13(10)19(2)3)18-15(21)14(16)11-8-17-20(4)9-11/h5-9,14H,16H2,1-4H3,(H,18,21). The summed E-state index contributed by atoms with van der Waals surface area (Å²) in [6.45, 7) is 2.03. The Bertz CT molecular complexity index is 647. The van der Waals surface area contributed by atoms with Gasteiger partial charge in [-0.25, -0.2) is 0 Å². The lowest BCUT2D eigenvalue weighted by molar-refractivity contribution is -0.117. The lowest BCUT2D eigenvalue weighted by atomic mass is 10.1. The number of aryl methyl sites for hydroxylation is 2. The van der Waals surface area contributed by atoms with Crippen molar-refractivity contribution in [3.8, 4) is 0 Å². The molecule has 2 aromatic rings. The van der Waals surface area contributed by atoms with Crippen LogP contribution in [-0.4, -0.2) is 29.8 Å².